The number of ether oxygens (including phenoxy) is 1. The van der Waals surface area contributed by atoms with E-state index in [-0.39, 0.29) is 11.5 Å². The highest BCUT2D eigenvalue weighted by Crippen LogP contribution is 2.27. The summed E-state index contributed by atoms with van der Waals surface area (Å²) in [6, 6.07) is 7.59. The normalized spacial score (nSPS) is 10.8. The molecule has 4 heteroatoms. The molecule has 0 aliphatic heterocycles. The summed E-state index contributed by atoms with van der Waals surface area (Å²) >= 11 is 0. The van der Waals surface area contributed by atoms with Gasteiger partial charge in [-0.2, -0.15) is 0 Å². The number of aromatic nitrogens is 2. The highest BCUT2D eigenvalue weighted by Gasteiger charge is 2.14. The number of benzene rings is 1. The standard InChI is InChI=1S/C16H20N2O2/c1-5-20-13-9-7-6-8-12(13)15-17-11(4)14(10(2)3)16(19)18-15/h6-10H,5H2,1-4H3,(H,17,18,19). The number of hydrogen-bond donors (Lipinski definition) is 1. The molecule has 1 N–H and O–H groups in total. The fourth-order valence-electron chi connectivity index (χ4n) is 2.35. The molecule has 1 aromatic heterocycles. The van der Waals surface area contributed by atoms with Gasteiger partial charge >= 0.3 is 0 Å². The molecule has 0 aliphatic carbocycles. The van der Waals surface area contributed by atoms with Crippen LogP contribution in [0.2, 0.25) is 0 Å². The van der Waals surface area contributed by atoms with E-state index in [1.165, 1.54) is 0 Å². The van der Waals surface area contributed by atoms with E-state index in [0.717, 1.165) is 22.6 Å². The third-order valence-electron chi connectivity index (χ3n) is 3.17. The molecule has 0 spiro atoms. The van der Waals surface area contributed by atoms with E-state index < -0.39 is 0 Å². The van der Waals surface area contributed by atoms with E-state index in [1.54, 1.807) is 0 Å². The summed E-state index contributed by atoms with van der Waals surface area (Å²) in [6.45, 7) is 8.36. The molecule has 0 bridgehead atoms. The van der Waals surface area contributed by atoms with E-state index in [4.69, 9.17) is 4.74 Å². The summed E-state index contributed by atoms with van der Waals surface area (Å²) in [5, 5.41) is 0. The van der Waals surface area contributed by atoms with Crippen LogP contribution in [0.4, 0.5) is 0 Å². The third-order valence-corrected chi connectivity index (χ3v) is 3.17. The fraction of sp³-hybridized carbons (Fsp3) is 0.375. The number of hydrogen-bond acceptors (Lipinski definition) is 3. The van der Waals surface area contributed by atoms with Gasteiger partial charge in [0.25, 0.3) is 5.56 Å². The maximum atomic E-state index is 12.2. The van der Waals surface area contributed by atoms with Gasteiger partial charge in [-0.3, -0.25) is 4.79 Å². The van der Waals surface area contributed by atoms with Crippen molar-refractivity contribution in [1.82, 2.24) is 9.97 Å². The number of H-pyrrole nitrogens is 1. The molecule has 1 aromatic carbocycles. The largest absolute Gasteiger partial charge is 0.493 e. The Hall–Kier alpha value is -2.10. The zero-order valence-electron chi connectivity index (χ0n) is 12.4. The van der Waals surface area contributed by atoms with Crippen LogP contribution in [0.15, 0.2) is 29.1 Å². The lowest BCUT2D eigenvalue weighted by Crippen LogP contribution is -2.18. The second kappa shape index (κ2) is 5.90. The van der Waals surface area contributed by atoms with E-state index >= 15 is 0 Å². The zero-order valence-corrected chi connectivity index (χ0v) is 12.4. The number of aryl methyl sites for hydroxylation is 1. The fourth-order valence-corrected chi connectivity index (χ4v) is 2.35. The molecule has 1 heterocycles. The van der Waals surface area contributed by atoms with Crippen LogP contribution in [0.25, 0.3) is 11.4 Å². The lowest BCUT2D eigenvalue weighted by atomic mass is 10.0. The Bertz CT molecular complexity index is 660. The zero-order chi connectivity index (χ0) is 14.7. The van der Waals surface area contributed by atoms with Crippen LogP contribution < -0.4 is 10.3 Å². The summed E-state index contributed by atoms with van der Waals surface area (Å²) in [5.41, 5.74) is 2.24. The van der Waals surface area contributed by atoms with Crippen molar-refractivity contribution in [3.05, 3.63) is 45.9 Å². The first-order chi connectivity index (χ1) is 9.54. The molecule has 20 heavy (non-hydrogen) atoms. The van der Waals surface area contributed by atoms with E-state index in [1.807, 2.05) is 52.0 Å². The molecule has 4 nitrogen and oxygen atoms in total. The molecule has 0 saturated heterocycles. The average molecular weight is 272 g/mol. The molecule has 2 rings (SSSR count). The Labute approximate surface area is 118 Å². The van der Waals surface area contributed by atoms with Gasteiger partial charge in [0.05, 0.1) is 12.2 Å². The second-order valence-electron chi connectivity index (χ2n) is 5.00. The van der Waals surface area contributed by atoms with Crippen LogP contribution >= 0.6 is 0 Å². The maximum absolute atomic E-state index is 12.2. The molecule has 0 saturated carbocycles. The highest BCUT2D eigenvalue weighted by molar-refractivity contribution is 5.64. The summed E-state index contributed by atoms with van der Waals surface area (Å²) in [5.74, 6) is 1.44. The van der Waals surface area contributed by atoms with Gasteiger partial charge < -0.3 is 9.72 Å². The van der Waals surface area contributed by atoms with E-state index in [2.05, 4.69) is 9.97 Å². The Balaban J connectivity index is 2.58. The van der Waals surface area contributed by atoms with Crippen LogP contribution in [0, 0.1) is 6.92 Å². The quantitative estimate of drug-likeness (QED) is 0.929. The van der Waals surface area contributed by atoms with Gasteiger partial charge in [0, 0.05) is 11.3 Å². The van der Waals surface area contributed by atoms with E-state index in [0.29, 0.717) is 12.4 Å². The van der Waals surface area contributed by atoms with Crippen molar-refractivity contribution < 1.29 is 4.74 Å². The Morgan fingerprint density at radius 1 is 1.30 bits per heavy atom. The summed E-state index contributed by atoms with van der Waals surface area (Å²) in [4.78, 5) is 19.6. The van der Waals surface area contributed by atoms with Crippen molar-refractivity contribution in [2.24, 2.45) is 0 Å². The summed E-state index contributed by atoms with van der Waals surface area (Å²) in [6.07, 6.45) is 0. The topological polar surface area (TPSA) is 55.0 Å². The number of nitrogens with zero attached hydrogens (tertiary/aromatic N) is 1. The van der Waals surface area contributed by atoms with Gasteiger partial charge in [-0.15, -0.1) is 0 Å². The number of para-hydroxylation sites is 1. The Morgan fingerprint density at radius 2 is 2.00 bits per heavy atom. The van der Waals surface area contributed by atoms with Crippen molar-refractivity contribution in [2.45, 2.75) is 33.6 Å². The molecule has 0 radical (unpaired) electrons. The summed E-state index contributed by atoms with van der Waals surface area (Å²) in [7, 11) is 0. The maximum Gasteiger partial charge on any atom is 0.254 e. The van der Waals surface area contributed by atoms with Crippen LogP contribution in [-0.2, 0) is 0 Å². The van der Waals surface area contributed by atoms with Crippen LogP contribution in [-0.4, -0.2) is 16.6 Å². The molecular formula is C16H20N2O2. The molecule has 0 atom stereocenters. The highest BCUT2D eigenvalue weighted by atomic mass is 16.5. The molecule has 0 unspecified atom stereocenters. The predicted molar refractivity (Wildman–Crippen MR) is 80.3 cm³/mol. The average Bonchev–Trinajstić information content (AvgIpc) is 2.38. The first kappa shape index (κ1) is 14.3. The lowest BCUT2D eigenvalue weighted by Gasteiger charge is -2.12. The molecule has 106 valence electrons. The molecule has 2 aromatic rings. The molecular weight excluding hydrogens is 252 g/mol. The van der Waals surface area contributed by atoms with Gasteiger partial charge in [0.15, 0.2) is 0 Å². The lowest BCUT2D eigenvalue weighted by molar-refractivity contribution is 0.341. The van der Waals surface area contributed by atoms with Gasteiger partial charge in [0.1, 0.15) is 11.6 Å². The minimum Gasteiger partial charge on any atom is -0.493 e. The SMILES string of the molecule is CCOc1ccccc1-c1nc(C)c(C(C)C)c(=O)[nH]1. The van der Waals surface area contributed by atoms with Gasteiger partial charge in [-0.1, -0.05) is 26.0 Å². The second-order valence-corrected chi connectivity index (χ2v) is 5.00. The minimum absolute atomic E-state index is 0.0752. The van der Waals surface area contributed by atoms with Crippen molar-refractivity contribution >= 4 is 0 Å². The van der Waals surface area contributed by atoms with Gasteiger partial charge in [-0.05, 0) is 31.9 Å². The third kappa shape index (κ3) is 2.74. The monoisotopic (exact) mass is 272 g/mol. The molecule has 0 fully saturated rings. The van der Waals surface area contributed by atoms with E-state index in [9.17, 15) is 4.79 Å². The molecule has 0 aliphatic rings. The molecule has 0 amide bonds. The van der Waals surface area contributed by atoms with Crippen molar-refractivity contribution in [2.75, 3.05) is 6.61 Å². The smallest absolute Gasteiger partial charge is 0.254 e. The van der Waals surface area contributed by atoms with Crippen molar-refractivity contribution in [3.8, 4) is 17.1 Å². The summed E-state index contributed by atoms with van der Waals surface area (Å²) < 4.78 is 5.59. The van der Waals surface area contributed by atoms with Crippen LogP contribution in [0.3, 0.4) is 0 Å². The van der Waals surface area contributed by atoms with Crippen molar-refractivity contribution in [3.63, 3.8) is 0 Å². The van der Waals surface area contributed by atoms with Crippen LogP contribution in [0.1, 0.15) is 37.9 Å². The number of aromatic amines is 1. The van der Waals surface area contributed by atoms with Crippen LogP contribution in [0.5, 0.6) is 5.75 Å². The van der Waals surface area contributed by atoms with Gasteiger partial charge in [0.2, 0.25) is 0 Å². The first-order valence-corrected chi connectivity index (χ1v) is 6.87. The predicted octanol–water partition coefficient (Wildman–Crippen LogP) is 3.27. The van der Waals surface area contributed by atoms with Gasteiger partial charge in [-0.25, -0.2) is 4.98 Å². The van der Waals surface area contributed by atoms with Crippen molar-refractivity contribution in [1.29, 1.82) is 0 Å². The Kier molecular flexibility index (Phi) is 4.23. The first-order valence-electron chi connectivity index (χ1n) is 6.87. The Morgan fingerprint density at radius 3 is 2.60 bits per heavy atom. The number of nitrogens with one attached hydrogen (secondary N) is 1. The minimum atomic E-state index is -0.0752. The number of rotatable bonds is 4.